The molecule has 0 atom stereocenters. The van der Waals surface area contributed by atoms with Crippen LogP contribution in [0.3, 0.4) is 0 Å². The van der Waals surface area contributed by atoms with Crippen LogP contribution in [0.1, 0.15) is 15.9 Å². The van der Waals surface area contributed by atoms with Crippen LogP contribution in [-0.4, -0.2) is 5.24 Å². The van der Waals surface area contributed by atoms with Gasteiger partial charge in [-0.25, -0.2) is 0 Å². The zero-order chi connectivity index (χ0) is 15.9. The third kappa shape index (κ3) is 2.43. The minimum absolute atomic E-state index is 0.166. The van der Waals surface area contributed by atoms with Crippen LogP contribution in [0, 0.1) is 6.92 Å². The Bertz CT molecular complexity index is 958. The number of hydrogen-bond donors (Lipinski definition) is 0. The van der Waals surface area contributed by atoms with Crippen molar-refractivity contribution in [2.24, 2.45) is 0 Å². The first-order chi connectivity index (χ1) is 10.5. The summed E-state index contributed by atoms with van der Waals surface area (Å²) in [6.07, 6.45) is 0. The Morgan fingerprint density at radius 2 is 1.86 bits per heavy atom. The number of carbonyl (C=O) groups is 1. The summed E-state index contributed by atoms with van der Waals surface area (Å²) in [6.45, 7) is 1.68. The highest BCUT2D eigenvalue weighted by molar-refractivity contribution is 6.68. The number of fused-ring (bicyclic) bond motifs is 1. The molecule has 3 nitrogen and oxygen atoms in total. The van der Waals surface area contributed by atoms with Crippen molar-refractivity contribution in [2.45, 2.75) is 6.92 Å². The van der Waals surface area contributed by atoms with Gasteiger partial charge < -0.3 is 4.42 Å². The van der Waals surface area contributed by atoms with E-state index in [2.05, 4.69) is 0 Å². The van der Waals surface area contributed by atoms with Crippen molar-refractivity contribution in [3.63, 3.8) is 0 Å². The molecule has 0 spiro atoms. The molecule has 22 heavy (non-hydrogen) atoms. The second-order valence-corrected chi connectivity index (χ2v) is 5.63. The summed E-state index contributed by atoms with van der Waals surface area (Å²) in [5.74, 6) is 0.380. The minimum Gasteiger partial charge on any atom is -0.455 e. The lowest BCUT2D eigenvalue weighted by atomic mass is 10.0. The summed E-state index contributed by atoms with van der Waals surface area (Å²) in [5, 5.41) is 0.186. The van der Waals surface area contributed by atoms with Crippen LogP contribution in [-0.2, 0) is 0 Å². The topological polar surface area (TPSA) is 47.3 Å². The molecule has 0 aliphatic carbocycles. The molecule has 1 aromatic heterocycles. The monoisotopic (exact) mass is 332 g/mol. The van der Waals surface area contributed by atoms with Gasteiger partial charge in [0, 0.05) is 16.1 Å². The van der Waals surface area contributed by atoms with E-state index in [1.807, 2.05) is 0 Å². The van der Waals surface area contributed by atoms with Gasteiger partial charge >= 0.3 is 0 Å². The summed E-state index contributed by atoms with van der Waals surface area (Å²) < 4.78 is 5.84. The Labute approximate surface area is 136 Å². The lowest BCUT2D eigenvalue weighted by Crippen LogP contribution is -2.08. The molecule has 0 aliphatic heterocycles. The third-order valence-electron chi connectivity index (χ3n) is 3.44. The first-order valence-electron chi connectivity index (χ1n) is 6.51. The molecule has 0 fully saturated rings. The number of carbonyl (C=O) groups excluding carboxylic acids is 1. The summed E-state index contributed by atoms with van der Waals surface area (Å²) in [6, 6.07) is 11.7. The van der Waals surface area contributed by atoms with Gasteiger partial charge in [0.2, 0.25) is 0 Å². The van der Waals surface area contributed by atoms with Gasteiger partial charge in [0.15, 0.2) is 11.0 Å². The summed E-state index contributed by atoms with van der Waals surface area (Å²) in [7, 11) is 0. The zero-order valence-electron chi connectivity index (χ0n) is 11.5. The molecule has 0 unspecified atom stereocenters. The van der Waals surface area contributed by atoms with Crippen LogP contribution in [0.15, 0.2) is 51.7 Å². The van der Waals surface area contributed by atoms with E-state index in [9.17, 15) is 9.59 Å². The van der Waals surface area contributed by atoms with Crippen molar-refractivity contribution in [3.8, 4) is 11.3 Å². The van der Waals surface area contributed by atoms with Crippen molar-refractivity contribution in [1.29, 1.82) is 0 Å². The predicted molar refractivity (Wildman–Crippen MR) is 87.9 cm³/mol. The lowest BCUT2D eigenvalue weighted by Gasteiger charge is -2.09. The quantitative estimate of drug-likeness (QED) is 0.633. The van der Waals surface area contributed by atoms with Crippen molar-refractivity contribution < 1.29 is 9.21 Å². The summed E-state index contributed by atoms with van der Waals surface area (Å²) >= 11 is 11.6. The van der Waals surface area contributed by atoms with Crippen molar-refractivity contribution >= 4 is 39.4 Å². The number of halogens is 2. The average Bonchev–Trinajstić information content (AvgIpc) is 2.50. The smallest absolute Gasteiger partial charge is 0.256 e. The Kier molecular flexibility index (Phi) is 3.77. The normalized spacial score (nSPS) is 10.9. The zero-order valence-corrected chi connectivity index (χ0v) is 13.0. The Morgan fingerprint density at radius 1 is 1.14 bits per heavy atom. The average molecular weight is 333 g/mol. The van der Waals surface area contributed by atoms with Crippen LogP contribution < -0.4 is 5.43 Å². The molecule has 1 heterocycles. The molecular weight excluding hydrogens is 323 g/mol. The highest BCUT2D eigenvalue weighted by Crippen LogP contribution is 2.29. The molecule has 0 radical (unpaired) electrons. The number of para-hydroxylation sites is 1. The Balaban J connectivity index is 2.42. The molecule has 0 saturated heterocycles. The van der Waals surface area contributed by atoms with Gasteiger partial charge in [-0.1, -0.05) is 29.8 Å². The molecule has 110 valence electrons. The Morgan fingerprint density at radius 3 is 2.55 bits per heavy atom. The van der Waals surface area contributed by atoms with E-state index in [1.165, 1.54) is 6.07 Å². The molecular formula is C17H10Cl2O3. The fourth-order valence-electron chi connectivity index (χ4n) is 2.37. The first-order valence-corrected chi connectivity index (χ1v) is 7.27. The van der Waals surface area contributed by atoms with Gasteiger partial charge in [-0.15, -0.1) is 0 Å². The molecule has 0 aliphatic rings. The van der Waals surface area contributed by atoms with Crippen molar-refractivity contribution in [2.75, 3.05) is 0 Å². The molecule has 5 heteroatoms. The standard InChI is InChI=1S/C17H10Cl2O3/c1-9-14(20)12-6-3-7-13(17(19)21)16(12)22-15(9)10-4-2-5-11(18)8-10/h2-8H,1H3. The molecule has 0 saturated carbocycles. The van der Waals surface area contributed by atoms with Gasteiger partial charge in [0.25, 0.3) is 5.24 Å². The van der Waals surface area contributed by atoms with Crippen molar-refractivity contribution in [1.82, 2.24) is 0 Å². The SMILES string of the molecule is Cc1c(-c2cccc(Cl)c2)oc2c(C(=O)Cl)cccc2c1=O. The number of rotatable bonds is 2. The highest BCUT2D eigenvalue weighted by Gasteiger charge is 2.17. The van der Waals surface area contributed by atoms with E-state index in [0.29, 0.717) is 27.3 Å². The van der Waals surface area contributed by atoms with Crippen LogP contribution in [0.2, 0.25) is 5.02 Å². The maximum Gasteiger partial charge on any atom is 0.256 e. The molecule has 0 amide bonds. The molecule has 2 aromatic carbocycles. The van der Waals surface area contributed by atoms with E-state index < -0.39 is 5.24 Å². The number of hydrogen-bond acceptors (Lipinski definition) is 3. The predicted octanol–water partition coefficient (Wildman–Crippen LogP) is 4.80. The summed E-state index contributed by atoms with van der Waals surface area (Å²) in [4.78, 5) is 24.1. The summed E-state index contributed by atoms with van der Waals surface area (Å²) in [5.41, 5.74) is 1.28. The molecule has 0 N–H and O–H groups in total. The maximum absolute atomic E-state index is 12.5. The van der Waals surface area contributed by atoms with Gasteiger partial charge in [0.05, 0.1) is 10.9 Å². The second kappa shape index (κ2) is 5.59. The van der Waals surface area contributed by atoms with Gasteiger partial charge in [-0.3, -0.25) is 9.59 Å². The fraction of sp³-hybridized carbons (Fsp3) is 0.0588. The molecule has 0 bridgehead atoms. The van der Waals surface area contributed by atoms with Crippen molar-refractivity contribution in [3.05, 3.63) is 68.8 Å². The van der Waals surface area contributed by atoms with Crippen LogP contribution in [0.5, 0.6) is 0 Å². The van der Waals surface area contributed by atoms with Gasteiger partial charge in [0.1, 0.15) is 5.76 Å². The third-order valence-corrected chi connectivity index (χ3v) is 3.88. The second-order valence-electron chi connectivity index (χ2n) is 4.85. The van der Waals surface area contributed by atoms with E-state index >= 15 is 0 Å². The van der Waals surface area contributed by atoms with E-state index in [1.54, 1.807) is 43.3 Å². The van der Waals surface area contributed by atoms with E-state index in [0.717, 1.165) is 0 Å². The van der Waals surface area contributed by atoms with Crippen LogP contribution in [0.25, 0.3) is 22.3 Å². The molecule has 3 rings (SSSR count). The van der Waals surface area contributed by atoms with Crippen LogP contribution in [0.4, 0.5) is 0 Å². The van der Waals surface area contributed by atoms with Crippen LogP contribution >= 0.6 is 23.2 Å². The maximum atomic E-state index is 12.5. The van der Waals surface area contributed by atoms with E-state index in [-0.39, 0.29) is 16.6 Å². The van der Waals surface area contributed by atoms with E-state index in [4.69, 9.17) is 27.6 Å². The lowest BCUT2D eigenvalue weighted by molar-refractivity contribution is 0.108. The largest absolute Gasteiger partial charge is 0.455 e. The number of benzene rings is 2. The van der Waals surface area contributed by atoms with Gasteiger partial charge in [-0.2, -0.15) is 0 Å². The van der Waals surface area contributed by atoms with Gasteiger partial charge in [-0.05, 0) is 42.8 Å². The first kappa shape index (κ1) is 14.8. The fourth-order valence-corrected chi connectivity index (χ4v) is 2.71. The minimum atomic E-state index is -0.672. The molecule has 3 aromatic rings. The highest BCUT2D eigenvalue weighted by atomic mass is 35.5. The Hall–Kier alpha value is -2.10.